The Morgan fingerprint density at radius 2 is 2.06 bits per heavy atom. The molecule has 1 rings (SSSR count). The van der Waals surface area contributed by atoms with Crippen molar-refractivity contribution in [2.45, 2.75) is 33.2 Å². The van der Waals surface area contributed by atoms with Crippen molar-refractivity contribution in [1.29, 1.82) is 0 Å². The number of nitro groups is 1. The summed E-state index contributed by atoms with van der Waals surface area (Å²) in [6.45, 7) is 6.16. The maximum atomic E-state index is 10.6. The van der Waals surface area contributed by atoms with Gasteiger partial charge in [-0.1, -0.05) is 38.4 Å². The molecule has 94 valence electrons. The molecule has 0 heterocycles. The minimum Gasteiger partial charge on any atom is -0.327 e. The molecule has 0 bridgehead atoms. The fourth-order valence-corrected chi connectivity index (χ4v) is 1.61. The standard InChI is InChI=1S/C12H17ClN2O2/c1-12(2,3)11(14)6-8-4-5-9(15(16)17)7-10(8)13/h4-5,7,11H,6,14H2,1-3H3. The van der Waals surface area contributed by atoms with Gasteiger partial charge < -0.3 is 5.73 Å². The van der Waals surface area contributed by atoms with Crippen molar-refractivity contribution < 1.29 is 4.92 Å². The highest BCUT2D eigenvalue weighted by molar-refractivity contribution is 6.31. The van der Waals surface area contributed by atoms with Gasteiger partial charge >= 0.3 is 0 Å². The summed E-state index contributed by atoms with van der Waals surface area (Å²) in [5.41, 5.74) is 6.88. The second kappa shape index (κ2) is 5.02. The molecule has 0 aliphatic heterocycles. The smallest absolute Gasteiger partial charge is 0.270 e. The van der Waals surface area contributed by atoms with Crippen molar-refractivity contribution in [3.63, 3.8) is 0 Å². The Morgan fingerprint density at radius 1 is 1.47 bits per heavy atom. The number of nitrogens with two attached hydrogens (primary N) is 1. The lowest BCUT2D eigenvalue weighted by molar-refractivity contribution is -0.384. The Labute approximate surface area is 106 Å². The molecule has 0 fully saturated rings. The largest absolute Gasteiger partial charge is 0.327 e. The Kier molecular flexibility index (Phi) is 4.11. The molecule has 1 aromatic rings. The molecule has 0 amide bonds. The second-order valence-corrected chi connectivity index (χ2v) is 5.62. The van der Waals surface area contributed by atoms with Crippen LogP contribution in [0, 0.1) is 15.5 Å². The number of hydrogen-bond acceptors (Lipinski definition) is 3. The number of rotatable bonds is 3. The van der Waals surface area contributed by atoms with Gasteiger partial charge in [-0.15, -0.1) is 0 Å². The van der Waals surface area contributed by atoms with Crippen molar-refractivity contribution in [3.8, 4) is 0 Å². The van der Waals surface area contributed by atoms with Gasteiger partial charge in [0.2, 0.25) is 0 Å². The molecule has 1 atom stereocenters. The molecule has 17 heavy (non-hydrogen) atoms. The number of halogens is 1. The quantitative estimate of drug-likeness (QED) is 0.667. The average molecular weight is 257 g/mol. The molecule has 0 saturated heterocycles. The first kappa shape index (κ1) is 13.9. The number of hydrogen-bond donors (Lipinski definition) is 1. The lowest BCUT2D eigenvalue weighted by Gasteiger charge is -2.27. The van der Waals surface area contributed by atoms with Crippen LogP contribution in [0.5, 0.6) is 0 Å². The summed E-state index contributed by atoms with van der Waals surface area (Å²) < 4.78 is 0. The van der Waals surface area contributed by atoms with Crippen LogP contribution in [0.4, 0.5) is 5.69 Å². The number of nitro benzene ring substituents is 1. The van der Waals surface area contributed by atoms with Gasteiger partial charge in [-0.3, -0.25) is 10.1 Å². The topological polar surface area (TPSA) is 69.2 Å². The normalized spacial score (nSPS) is 13.5. The number of non-ortho nitro benzene ring substituents is 1. The first-order valence-electron chi connectivity index (χ1n) is 5.40. The van der Waals surface area contributed by atoms with Gasteiger partial charge in [0.25, 0.3) is 5.69 Å². The van der Waals surface area contributed by atoms with E-state index in [1.54, 1.807) is 6.07 Å². The van der Waals surface area contributed by atoms with Crippen molar-refractivity contribution in [1.82, 2.24) is 0 Å². The summed E-state index contributed by atoms with van der Waals surface area (Å²) in [6, 6.07) is 4.45. The maximum absolute atomic E-state index is 10.6. The van der Waals surface area contributed by atoms with E-state index in [4.69, 9.17) is 17.3 Å². The second-order valence-electron chi connectivity index (χ2n) is 5.21. The zero-order valence-corrected chi connectivity index (χ0v) is 11.0. The third-order valence-corrected chi connectivity index (χ3v) is 3.15. The monoisotopic (exact) mass is 256 g/mol. The van der Waals surface area contributed by atoms with E-state index in [0.717, 1.165) is 5.56 Å². The van der Waals surface area contributed by atoms with Gasteiger partial charge in [0.15, 0.2) is 0 Å². The first-order valence-corrected chi connectivity index (χ1v) is 5.78. The highest BCUT2D eigenvalue weighted by Gasteiger charge is 2.22. The molecule has 1 unspecified atom stereocenters. The van der Waals surface area contributed by atoms with Crippen LogP contribution < -0.4 is 5.73 Å². The zero-order chi connectivity index (χ0) is 13.2. The predicted octanol–water partition coefficient (Wildman–Crippen LogP) is 3.16. The van der Waals surface area contributed by atoms with E-state index < -0.39 is 4.92 Å². The molecular formula is C12H17ClN2O2. The maximum Gasteiger partial charge on any atom is 0.270 e. The third-order valence-electron chi connectivity index (χ3n) is 2.80. The molecule has 0 saturated carbocycles. The molecule has 0 aliphatic carbocycles. The van der Waals surface area contributed by atoms with Crippen molar-refractivity contribution in [3.05, 3.63) is 38.9 Å². The summed E-state index contributed by atoms with van der Waals surface area (Å²) in [5.74, 6) is 0. The average Bonchev–Trinajstić information content (AvgIpc) is 2.19. The van der Waals surface area contributed by atoms with Crippen LogP contribution in [0.25, 0.3) is 0 Å². The van der Waals surface area contributed by atoms with Crippen LogP contribution in [0.3, 0.4) is 0 Å². The Balaban J connectivity index is 2.90. The van der Waals surface area contributed by atoms with E-state index in [1.807, 2.05) is 0 Å². The van der Waals surface area contributed by atoms with Crippen LogP contribution in [0.2, 0.25) is 5.02 Å². The van der Waals surface area contributed by atoms with Crippen LogP contribution in [0.1, 0.15) is 26.3 Å². The summed E-state index contributed by atoms with van der Waals surface area (Å²) in [4.78, 5) is 10.1. The van der Waals surface area contributed by atoms with Gasteiger partial charge in [-0.2, -0.15) is 0 Å². The molecule has 0 spiro atoms. The van der Waals surface area contributed by atoms with E-state index in [1.165, 1.54) is 12.1 Å². The van der Waals surface area contributed by atoms with Gasteiger partial charge in [0.05, 0.1) is 9.95 Å². The summed E-state index contributed by atoms with van der Waals surface area (Å²) in [6.07, 6.45) is 0.611. The predicted molar refractivity (Wildman–Crippen MR) is 69.2 cm³/mol. The minimum atomic E-state index is -0.459. The molecule has 0 radical (unpaired) electrons. The minimum absolute atomic E-state index is 0.00285. The Bertz CT molecular complexity index is 427. The Hall–Kier alpha value is -1.13. The van der Waals surface area contributed by atoms with Crippen molar-refractivity contribution >= 4 is 17.3 Å². The fourth-order valence-electron chi connectivity index (χ4n) is 1.36. The molecule has 0 aliphatic rings. The lowest BCUT2D eigenvalue weighted by Crippen LogP contribution is -2.36. The van der Waals surface area contributed by atoms with E-state index in [-0.39, 0.29) is 17.1 Å². The summed E-state index contributed by atoms with van der Waals surface area (Å²) in [7, 11) is 0. The molecule has 1 aromatic carbocycles. The highest BCUT2D eigenvalue weighted by atomic mass is 35.5. The molecule has 2 N–H and O–H groups in total. The molecule has 5 heteroatoms. The number of benzene rings is 1. The van der Waals surface area contributed by atoms with E-state index in [0.29, 0.717) is 11.4 Å². The summed E-state index contributed by atoms with van der Waals surface area (Å²) >= 11 is 6.01. The Morgan fingerprint density at radius 3 is 2.47 bits per heavy atom. The van der Waals surface area contributed by atoms with Gasteiger partial charge in [0, 0.05) is 18.2 Å². The van der Waals surface area contributed by atoms with Crippen LogP contribution in [-0.2, 0) is 6.42 Å². The van der Waals surface area contributed by atoms with Gasteiger partial charge in [-0.05, 0) is 17.4 Å². The van der Waals surface area contributed by atoms with Gasteiger partial charge in [0.1, 0.15) is 0 Å². The third kappa shape index (κ3) is 3.68. The number of nitrogens with zero attached hydrogens (tertiary/aromatic N) is 1. The van der Waals surface area contributed by atoms with Gasteiger partial charge in [-0.25, -0.2) is 0 Å². The van der Waals surface area contributed by atoms with Crippen molar-refractivity contribution in [2.75, 3.05) is 0 Å². The van der Waals surface area contributed by atoms with E-state index >= 15 is 0 Å². The van der Waals surface area contributed by atoms with E-state index in [2.05, 4.69) is 20.8 Å². The molecular weight excluding hydrogens is 240 g/mol. The van der Waals surface area contributed by atoms with E-state index in [9.17, 15) is 10.1 Å². The fraction of sp³-hybridized carbons (Fsp3) is 0.500. The molecule has 0 aromatic heterocycles. The summed E-state index contributed by atoms with van der Waals surface area (Å²) in [5, 5.41) is 11.0. The highest BCUT2D eigenvalue weighted by Crippen LogP contribution is 2.27. The van der Waals surface area contributed by atoms with Crippen LogP contribution in [-0.4, -0.2) is 11.0 Å². The first-order chi connectivity index (χ1) is 7.71. The van der Waals surface area contributed by atoms with Crippen LogP contribution in [0.15, 0.2) is 18.2 Å². The lowest BCUT2D eigenvalue weighted by atomic mass is 9.84. The van der Waals surface area contributed by atoms with Crippen LogP contribution >= 0.6 is 11.6 Å². The zero-order valence-electron chi connectivity index (χ0n) is 10.2. The van der Waals surface area contributed by atoms with Crippen molar-refractivity contribution in [2.24, 2.45) is 11.1 Å². The molecule has 4 nitrogen and oxygen atoms in total. The SMILES string of the molecule is CC(C)(C)C(N)Cc1ccc([N+](=O)[O-])cc1Cl.